The molecule has 3 heterocycles. The standard InChI is InChI=1S/C25H26N2O5/c1-17-11-22(18(2)27(17)13-19-7-4-3-5-8-19)23(28)16-32-25(30)20-12-24(29)26(14-20)15-21-9-6-10-31-21/h3-11,20H,12-16H2,1-2H3. The van der Waals surface area contributed by atoms with Gasteiger partial charge in [-0.3, -0.25) is 14.4 Å². The first-order valence-electron chi connectivity index (χ1n) is 10.6. The Morgan fingerprint density at radius 1 is 1.09 bits per heavy atom. The van der Waals surface area contributed by atoms with Crippen LogP contribution in [-0.4, -0.2) is 40.3 Å². The minimum atomic E-state index is -0.573. The van der Waals surface area contributed by atoms with Crippen LogP contribution in [0.25, 0.3) is 0 Å². The molecule has 0 aliphatic carbocycles. The number of esters is 1. The normalized spacial score (nSPS) is 15.9. The zero-order chi connectivity index (χ0) is 22.7. The molecule has 7 nitrogen and oxygen atoms in total. The molecule has 1 aliphatic heterocycles. The van der Waals surface area contributed by atoms with Gasteiger partial charge in [0.15, 0.2) is 6.61 Å². The van der Waals surface area contributed by atoms with Gasteiger partial charge < -0.3 is 18.6 Å². The van der Waals surface area contributed by atoms with Crippen LogP contribution < -0.4 is 0 Å². The summed E-state index contributed by atoms with van der Waals surface area (Å²) in [7, 11) is 0. The number of hydrogen-bond donors (Lipinski definition) is 0. The highest BCUT2D eigenvalue weighted by Crippen LogP contribution is 2.22. The molecule has 1 aliphatic rings. The number of ether oxygens (including phenoxy) is 1. The smallest absolute Gasteiger partial charge is 0.311 e. The summed E-state index contributed by atoms with van der Waals surface area (Å²) in [6, 6.07) is 15.4. The summed E-state index contributed by atoms with van der Waals surface area (Å²) in [5.74, 6) is -0.808. The number of aromatic nitrogens is 1. The van der Waals surface area contributed by atoms with Crippen LogP contribution in [0.4, 0.5) is 0 Å². The molecule has 1 saturated heterocycles. The van der Waals surface area contributed by atoms with Gasteiger partial charge in [-0.25, -0.2) is 0 Å². The lowest BCUT2D eigenvalue weighted by atomic mass is 10.1. The maximum atomic E-state index is 12.8. The number of ketones is 1. The first-order valence-corrected chi connectivity index (χ1v) is 10.6. The monoisotopic (exact) mass is 434 g/mol. The molecule has 7 heteroatoms. The van der Waals surface area contributed by atoms with Gasteiger partial charge >= 0.3 is 5.97 Å². The summed E-state index contributed by atoms with van der Waals surface area (Å²) in [6.07, 6.45) is 1.63. The summed E-state index contributed by atoms with van der Waals surface area (Å²) >= 11 is 0. The molecule has 0 radical (unpaired) electrons. The quantitative estimate of drug-likeness (QED) is 0.400. The Balaban J connectivity index is 1.34. The van der Waals surface area contributed by atoms with Crippen molar-refractivity contribution < 1.29 is 23.5 Å². The van der Waals surface area contributed by atoms with E-state index in [0.29, 0.717) is 24.4 Å². The molecule has 1 fully saturated rings. The molecule has 2 aromatic heterocycles. The fraction of sp³-hybridized carbons (Fsp3) is 0.320. The minimum Gasteiger partial charge on any atom is -0.467 e. The predicted molar refractivity (Wildman–Crippen MR) is 117 cm³/mol. The van der Waals surface area contributed by atoms with Crippen LogP contribution in [0.15, 0.2) is 59.2 Å². The van der Waals surface area contributed by atoms with Crippen LogP contribution in [0.1, 0.15) is 39.5 Å². The van der Waals surface area contributed by atoms with Crippen molar-refractivity contribution >= 4 is 17.7 Å². The highest BCUT2D eigenvalue weighted by molar-refractivity contribution is 5.99. The van der Waals surface area contributed by atoms with E-state index >= 15 is 0 Å². The maximum absolute atomic E-state index is 12.8. The lowest BCUT2D eigenvalue weighted by Gasteiger charge is -2.14. The summed E-state index contributed by atoms with van der Waals surface area (Å²) < 4.78 is 12.6. The van der Waals surface area contributed by atoms with E-state index in [1.807, 2.05) is 50.2 Å². The van der Waals surface area contributed by atoms with Gasteiger partial charge in [-0.15, -0.1) is 0 Å². The van der Waals surface area contributed by atoms with Crippen LogP contribution >= 0.6 is 0 Å². The third-order valence-electron chi connectivity index (χ3n) is 5.88. The average molecular weight is 434 g/mol. The Morgan fingerprint density at radius 2 is 1.88 bits per heavy atom. The van der Waals surface area contributed by atoms with E-state index in [1.54, 1.807) is 23.3 Å². The van der Waals surface area contributed by atoms with Crippen LogP contribution in [0.5, 0.6) is 0 Å². The third-order valence-corrected chi connectivity index (χ3v) is 5.88. The first-order chi connectivity index (χ1) is 15.4. The topological polar surface area (TPSA) is 81.8 Å². The molecule has 0 spiro atoms. The fourth-order valence-electron chi connectivity index (χ4n) is 4.10. The molecule has 166 valence electrons. The van der Waals surface area contributed by atoms with Gasteiger partial charge in [0.05, 0.1) is 18.7 Å². The van der Waals surface area contributed by atoms with E-state index in [9.17, 15) is 14.4 Å². The number of nitrogens with zero attached hydrogens (tertiary/aromatic N) is 2. The number of Topliss-reactive ketones (excluding diaryl/α,β-unsaturated/α-hetero) is 1. The summed E-state index contributed by atoms with van der Waals surface area (Å²) in [4.78, 5) is 39.0. The zero-order valence-electron chi connectivity index (χ0n) is 18.2. The van der Waals surface area contributed by atoms with Crippen molar-refractivity contribution in [3.63, 3.8) is 0 Å². The Labute approximate surface area is 186 Å². The zero-order valence-corrected chi connectivity index (χ0v) is 18.2. The molecule has 0 bridgehead atoms. The van der Waals surface area contributed by atoms with Gasteiger partial charge in [-0.05, 0) is 37.6 Å². The Morgan fingerprint density at radius 3 is 2.59 bits per heavy atom. The molecule has 4 rings (SSSR count). The van der Waals surface area contributed by atoms with Crippen molar-refractivity contribution in [3.8, 4) is 0 Å². The van der Waals surface area contributed by atoms with E-state index < -0.39 is 11.9 Å². The molecule has 1 aromatic carbocycles. The van der Waals surface area contributed by atoms with Crippen molar-refractivity contribution in [2.75, 3.05) is 13.2 Å². The second-order valence-electron chi connectivity index (χ2n) is 8.14. The summed E-state index contributed by atoms with van der Waals surface area (Å²) in [6.45, 7) is 4.77. The van der Waals surface area contributed by atoms with Gasteiger partial charge in [0.2, 0.25) is 11.7 Å². The van der Waals surface area contributed by atoms with E-state index in [2.05, 4.69) is 4.57 Å². The predicted octanol–water partition coefficient (Wildman–Crippen LogP) is 3.52. The van der Waals surface area contributed by atoms with E-state index in [1.165, 1.54) is 0 Å². The van der Waals surface area contributed by atoms with Gasteiger partial charge in [0, 0.05) is 36.5 Å². The second kappa shape index (κ2) is 9.26. The highest BCUT2D eigenvalue weighted by Gasteiger charge is 2.36. The minimum absolute atomic E-state index is 0.0827. The molecular formula is C25H26N2O5. The number of likely N-dealkylation sites (tertiary alicyclic amines) is 1. The second-order valence-corrected chi connectivity index (χ2v) is 8.14. The lowest BCUT2D eigenvalue weighted by Crippen LogP contribution is -2.27. The van der Waals surface area contributed by atoms with Crippen LogP contribution in [0, 0.1) is 19.8 Å². The fourth-order valence-corrected chi connectivity index (χ4v) is 4.10. The number of aryl methyl sites for hydroxylation is 1. The Hall–Kier alpha value is -3.61. The molecular weight excluding hydrogens is 408 g/mol. The summed E-state index contributed by atoms with van der Waals surface area (Å²) in [5, 5.41) is 0. The SMILES string of the molecule is Cc1cc(C(=O)COC(=O)C2CC(=O)N(Cc3ccco3)C2)c(C)n1Cc1ccccc1. The van der Waals surface area contributed by atoms with Crippen molar-refractivity contribution in [3.05, 3.63) is 83.1 Å². The number of furan rings is 1. The number of carbonyl (C=O) groups is 3. The number of carbonyl (C=O) groups excluding carboxylic acids is 3. The molecule has 0 saturated carbocycles. The van der Waals surface area contributed by atoms with Crippen LogP contribution in [0.2, 0.25) is 0 Å². The Bertz CT molecular complexity index is 1110. The van der Waals surface area contributed by atoms with E-state index in [-0.39, 0.29) is 31.3 Å². The van der Waals surface area contributed by atoms with Gasteiger partial charge in [0.25, 0.3) is 0 Å². The summed E-state index contributed by atoms with van der Waals surface area (Å²) in [5.41, 5.74) is 3.50. The first kappa shape index (κ1) is 21.6. The molecule has 1 atom stereocenters. The maximum Gasteiger partial charge on any atom is 0.311 e. The van der Waals surface area contributed by atoms with Crippen molar-refractivity contribution in [2.24, 2.45) is 5.92 Å². The molecule has 1 unspecified atom stereocenters. The van der Waals surface area contributed by atoms with Crippen LogP contribution in [-0.2, 0) is 27.4 Å². The molecule has 0 N–H and O–H groups in total. The van der Waals surface area contributed by atoms with Gasteiger partial charge in [-0.2, -0.15) is 0 Å². The van der Waals surface area contributed by atoms with Gasteiger partial charge in [0.1, 0.15) is 5.76 Å². The Kier molecular flexibility index (Phi) is 6.25. The lowest BCUT2D eigenvalue weighted by molar-refractivity contribution is -0.147. The molecule has 1 amide bonds. The van der Waals surface area contributed by atoms with Crippen molar-refractivity contribution in [2.45, 2.75) is 33.4 Å². The van der Waals surface area contributed by atoms with Crippen molar-refractivity contribution in [1.82, 2.24) is 9.47 Å². The largest absolute Gasteiger partial charge is 0.467 e. The van der Waals surface area contributed by atoms with Gasteiger partial charge in [-0.1, -0.05) is 30.3 Å². The highest BCUT2D eigenvalue weighted by atomic mass is 16.5. The number of amides is 1. The average Bonchev–Trinajstić information content (AvgIpc) is 3.50. The molecule has 3 aromatic rings. The van der Waals surface area contributed by atoms with E-state index in [0.717, 1.165) is 17.0 Å². The van der Waals surface area contributed by atoms with E-state index in [4.69, 9.17) is 9.15 Å². The van der Waals surface area contributed by atoms with Crippen LogP contribution in [0.3, 0.4) is 0 Å². The number of hydrogen-bond acceptors (Lipinski definition) is 5. The number of rotatable bonds is 8. The number of benzene rings is 1. The van der Waals surface area contributed by atoms with Crippen molar-refractivity contribution in [1.29, 1.82) is 0 Å². The third kappa shape index (κ3) is 4.66. The molecule has 32 heavy (non-hydrogen) atoms.